The molecule has 1 aromatic carbocycles. The second-order valence-electron chi connectivity index (χ2n) is 4.66. The number of hydrogen-bond donors (Lipinski definition) is 1. The molecule has 2 rings (SSSR count). The van der Waals surface area contributed by atoms with Crippen LogP contribution in [0.4, 0.5) is 5.69 Å². The maximum Gasteiger partial charge on any atom is 0.0420 e. The average Bonchev–Trinajstić information content (AvgIpc) is 3.10. The van der Waals surface area contributed by atoms with E-state index in [1.165, 1.54) is 24.1 Å². The average molecular weight is 295 g/mol. The molecule has 1 atom stereocenters. The molecule has 0 radical (unpaired) electrons. The molecule has 17 heavy (non-hydrogen) atoms. The lowest BCUT2D eigenvalue weighted by Gasteiger charge is -2.27. The van der Waals surface area contributed by atoms with Crippen LogP contribution in [-0.4, -0.2) is 12.6 Å². The van der Waals surface area contributed by atoms with E-state index in [9.17, 15) is 0 Å². The minimum atomic E-state index is 0.0496. The molecule has 0 bridgehead atoms. The fourth-order valence-corrected chi connectivity index (χ4v) is 2.50. The standard InChI is InChI=1S/C14H19BrN2/c1-3-8-17(12-5-6-12)14-7-4-11(15)9-13(14)10(2)16/h3-4,7,9-10,12H,1,5-6,8,16H2,2H3. The van der Waals surface area contributed by atoms with Gasteiger partial charge in [-0.3, -0.25) is 0 Å². The van der Waals surface area contributed by atoms with Gasteiger partial charge in [-0.2, -0.15) is 0 Å². The van der Waals surface area contributed by atoms with E-state index in [1.54, 1.807) is 0 Å². The molecule has 2 N–H and O–H groups in total. The molecule has 0 heterocycles. The number of benzene rings is 1. The van der Waals surface area contributed by atoms with Crippen LogP contribution in [0.15, 0.2) is 35.3 Å². The van der Waals surface area contributed by atoms with Crippen molar-refractivity contribution >= 4 is 21.6 Å². The molecule has 1 aliphatic rings. The lowest BCUT2D eigenvalue weighted by Crippen LogP contribution is -2.27. The normalized spacial score (nSPS) is 16.6. The van der Waals surface area contributed by atoms with Crippen LogP contribution in [0.2, 0.25) is 0 Å². The molecule has 92 valence electrons. The van der Waals surface area contributed by atoms with Crippen LogP contribution in [-0.2, 0) is 0 Å². The Balaban J connectivity index is 2.37. The van der Waals surface area contributed by atoms with Gasteiger partial charge in [-0.25, -0.2) is 0 Å². The van der Waals surface area contributed by atoms with Crippen molar-refractivity contribution in [1.82, 2.24) is 0 Å². The SMILES string of the molecule is C=CCN(c1ccc(Br)cc1C(C)N)C1CC1. The van der Waals surface area contributed by atoms with Gasteiger partial charge in [0.2, 0.25) is 0 Å². The molecule has 3 heteroatoms. The fourth-order valence-electron chi connectivity index (χ4n) is 2.12. The number of rotatable bonds is 5. The molecular weight excluding hydrogens is 276 g/mol. The van der Waals surface area contributed by atoms with Crippen LogP contribution in [0.5, 0.6) is 0 Å². The first kappa shape index (κ1) is 12.7. The number of hydrogen-bond acceptors (Lipinski definition) is 2. The Labute approximate surface area is 112 Å². The highest BCUT2D eigenvalue weighted by atomic mass is 79.9. The van der Waals surface area contributed by atoms with Gasteiger partial charge in [0.05, 0.1) is 0 Å². The zero-order valence-corrected chi connectivity index (χ0v) is 11.8. The zero-order valence-electron chi connectivity index (χ0n) is 10.2. The lowest BCUT2D eigenvalue weighted by molar-refractivity contribution is 0.787. The molecule has 1 unspecified atom stereocenters. The molecule has 0 aliphatic heterocycles. The Kier molecular flexibility index (Phi) is 3.89. The predicted molar refractivity (Wildman–Crippen MR) is 77.3 cm³/mol. The minimum Gasteiger partial charge on any atom is -0.365 e. The van der Waals surface area contributed by atoms with Crippen molar-refractivity contribution in [3.63, 3.8) is 0 Å². The quantitative estimate of drug-likeness (QED) is 0.841. The van der Waals surface area contributed by atoms with Crippen molar-refractivity contribution < 1.29 is 0 Å². The first-order valence-corrected chi connectivity index (χ1v) is 6.85. The molecule has 1 saturated carbocycles. The third-order valence-electron chi connectivity index (χ3n) is 3.10. The van der Waals surface area contributed by atoms with Crippen molar-refractivity contribution in [2.45, 2.75) is 31.8 Å². The van der Waals surface area contributed by atoms with E-state index in [0.29, 0.717) is 6.04 Å². The van der Waals surface area contributed by atoms with Gasteiger partial charge in [0.1, 0.15) is 0 Å². The molecule has 0 saturated heterocycles. The highest BCUT2D eigenvalue weighted by Crippen LogP contribution is 2.36. The molecular formula is C14H19BrN2. The first-order chi connectivity index (χ1) is 8.13. The molecule has 1 fully saturated rings. The summed E-state index contributed by atoms with van der Waals surface area (Å²) in [5.41, 5.74) is 8.52. The van der Waals surface area contributed by atoms with E-state index in [-0.39, 0.29) is 6.04 Å². The third-order valence-corrected chi connectivity index (χ3v) is 3.60. The molecule has 0 spiro atoms. The van der Waals surface area contributed by atoms with Crippen LogP contribution < -0.4 is 10.6 Å². The second kappa shape index (κ2) is 5.23. The lowest BCUT2D eigenvalue weighted by atomic mass is 10.1. The number of nitrogens with zero attached hydrogens (tertiary/aromatic N) is 1. The summed E-state index contributed by atoms with van der Waals surface area (Å²) in [4.78, 5) is 2.41. The summed E-state index contributed by atoms with van der Waals surface area (Å²) in [5, 5.41) is 0. The van der Waals surface area contributed by atoms with Crippen molar-refractivity contribution in [3.8, 4) is 0 Å². The fraction of sp³-hybridized carbons (Fsp3) is 0.429. The van der Waals surface area contributed by atoms with Gasteiger partial charge < -0.3 is 10.6 Å². The Morgan fingerprint density at radius 1 is 1.59 bits per heavy atom. The van der Waals surface area contributed by atoms with Gasteiger partial charge in [-0.05, 0) is 43.5 Å². The summed E-state index contributed by atoms with van der Waals surface area (Å²) in [6.45, 7) is 6.77. The molecule has 1 aliphatic carbocycles. The Morgan fingerprint density at radius 3 is 2.82 bits per heavy atom. The van der Waals surface area contributed by atoms with Gasteiger partial charge in [-0.1, -0.05) is 22.0 Å². The van der Waals surface area contributed by atoms with Crippen LogP contribution >= 0.6 is 15.9 Å². The molecule has 0 amide bonds. The second-order valence-corrected chi connectivity index (χ2v) is 5.58. The van der Waals surface area contributed by atoms with E-state index < -0.39 is 0 Å². The first-order valence-electron chi connectivity index (χ1n) is 6.06. The van der Waals surface area contributed by atoms with Gasteiger partial charge >= 0.3 is 0 Å². The van der Waals surface area contributed by atoms with Crippen LogP contribution in [0.25, 0.3) is 0 Å². The Bertz CT molecular complexity index is 411. The van der Waals surface area contributed by atoms with Gasteiger partial charge in [-0.15, -0.1) is 6.58 Å². The van der Waals surface area contributed by atoms with E-state index in [1.807, 2.05) is 13.0 Å². The number of nitrogens with two attached hydrogens (primary N) is 1. The van der Waals surface area contributed by atoms with Gasteiger partial charge in [0.25, 0.3) is 0 Å². The van der Waals surface area contributed by atoms with Crippen LogP contribution in [0.1, 0.15) is 31.4 Å². The van der Waals surface area contributed by atoms with Crippen molar-refractivity contribution in [2.24, 2.45) is 5.73 Å². The topological polar surface area (TPSA) is 29.3 Å². The van der Waals surface area contributed by atoms with Crippen molar-refractivity contribution in [1.29, 1.82) is 0 Å². The summed E-state index contributed by atoms with van der Waals surface area (Å²) in [7, 11) is 0. The van der Waals surface area contributed by atoms with Gasteiger partial charge in [0.15, 0.2) is 0 Å². The van der Waals surface area contributed by atoms with E-state index in [0.717, 1.165) is 11.0 Å². The summed E-state index contributed by atoms with van der Waals surface area (Å²) in [6.07, 6.45) is 4.52. The third kappa shape index (κ3) is 2.90. The number of halogens is 1. The van der Waals surface area contributed by atoms with Gasteiger partial charge in [0, 0.05) is 28.8 Å². The summed E-state index contributed by atoms with van der Waals surface area (Å²) < 4.78 is 1.09. The minimum absolute atomic E-state index is 0.0496. The van der Waals surface area contributed by atoms with E-state index in [4.69, 9.17) is 5.73 Å². The van der Waals surface area contributed by atoms with Crippen molar-refractivity contribution in [2.75, 3.05) is 11.4 Å². The maximum absolute atomic E-state index is 6.06. The maximum atomic E-state index is 6.06. The summed E-state index contributed by atoms with van der Waals surface area (Å²) >= 11 is 3.51. The van der Waals surface area contributed by atoms with Crippen molar-refractivity contribution in [3.05, 3.63) is 40.9 Å². The van der Waals surface area contributed by atoms with Crippen LogP contribution in [0, 0.1) is 0 Å². The molecule has 2 nitrogen and oxygen atoms in total. The highest BCUT2D eigenvalue weighted by molar-refractivity contribution is 9.10. The Hall–Kier alpha value is -0.800. The summed E-state index contributed by atoms with van der Waals surface area (Å²) in [5.74, 6) is 0. The monoisotopic (exact) mass is 294 g/mol. The number of anilines is 1. The van der Waals surface area contributed by atoms with E-state index in [2.05, 4.69) is 45.6 Å². The predicted octanol–water partition coefficient (Wildman–Crippen LogP) is 3.62. The highest BCUT2D eigenvalue weighted by Gasteiger charge is 2.30. The zero-order chi connectivity index (χ0) is 12.4. The Morgan fingerprint density at radius 2 is 2.29 bits per heavy atom. The summed E-state index contributed by atoms with van der Waals surface area (Å²) in [6, 6.07) is 7.09. The van der Waals surface area contributed by atoms with E-state index >= 15 is 0 Å². The molecule has 0 aromatic heterocycles. The molecule has 1 aromatic rings. The largest absolute Gasteiger partial charge is 0.365 e. The smallest absolute Gasteiger partial charge is 0.0420 e. The van der Waals surface area contributed by atoms with Crippen LogP contribution in [0.3, 0.4) is 0 Å².